The minimum absolute atomic E-state index is 0.0216. The van der Waals surface area contributed by atoms with E-state index in [1.165, 1.54) is 23.3 Å². The van der Waals surface area contributed by atoms with Crippen LogP contribution < -0.4 is 0 Å². The summed E-state index contributed by atoms with van der Waals surface area (Å²) in [4.78, 5) is 11.6. The zero-order valence-corrected chi connectivity index (χ0v) is 15.7. The van der Waals surface area contributed by atoms with E-state index in [1.54, 1.807) is 0 Å². The van der Waals surface area contributed by atoms with Crippen LogP contribution in [0.1, 0.15) is 52.0 Å². The van der Waals surface area contributed by atoms with E-state index < -0.39 is 12.2 Å². The highest BCUT2D eigenvalue weighted by Gasteiger charge is 2.39. The van der Waals surface area contributed by atoms with Gasteiger partial charge in [0.1, 0.15) is 11.9 Å². The minimum Gasteiger partial charge on any atom is -0.458 e. The molecule has 3 atom stereocenters. The van der Waals surface area contributed by atoms with Gasteiger partial charge in [-0.15, -0.1) is 0 Å². The zero-order valence-electron chi connectivity index (χ0n) is 15.7. The lowest BCUT2D eigenvalue weighted by molar-refractivity contribution is -0.156. The number of aliphatic hydroxyl groups is 1. The van der Waals surface area contributed by atoms with Gasteiger partial charge in [-0.25, -0.2) is 4.39 Å². The van der Waals surface area contributed by atoms with Gasteiger partial charge in [0.15, 0.2) is 0 Å². The molecule has 1 fully saturated rings. The summed E-state index contributed by atoms with van der Waals surface area (Å²) in [6.07, 6.45) is 5.40. The fourth-order valence-electron chi connectivity index (χ4n) is 4.25. The average molecular weight is 358 g/mol. The van der Waals surface area contributed by atoms with Crippen LogP contribution in [0.2, 0.25) is 0 Å². The van der Waals surface area contributed by atoms with E-state index in [1.807, 2.05) is 24.3 Å². The topological polar surface area (TPSA) is 46.5 Å². The Balaban J connectivity index is 1.94. The van der Waals surface area contributed by atoms with Crippen molar-refractivity contribution in [1.29, 1.82) is 0 Å². The SMILES string of the molecule is CCC1CC(c2ccc(F)cc2)=C(/C=C/[C@@H]2C[C@@H](O)CC(=O)O2)C1(C)C. The second-order valence-corrected chi connectivity index (χ2v) is 7.91. The number of cyclic esters (lactones) is 1. The van der Waals surface area contributed by atoms with Gasteiger partial charge in [-0.2, -0.15) is 0 Å². The minimum atomic E-state index is -0.642. The smallest absolute Gasteiger partial charge is 0.309 e. The van der Waals surface area contributed by atoms with Crippen LogP contribution in [0.15, 0.2) is 42.0 Å². The molecule has 0 radical (unpaired) electrons. The lowest BCUT2D eigenvalue weighted by Crippen LogP contribution is -2.31. The highest BCUT2D eigenvalue weighted by molar-refractivity contribution is 5.75. The van der Waals surface area contributed by atoms with Crippen LogP contribution in [-0.4, -0.2) is 23.3 Å². The molecule has 1 aromatic carbocycles. The van der Waals surface area contributed by atoms with Gasteiger partial charge >= 0.3 is 5.97 Å². The first-order valence-corrected chi connectivity index (χ1v) is 9.36. The van der Waals surface area contributed by atoms with Gasteiger partial charge in [-0.05, 0) is 52.7 Å². The van der Waals surface area contributed by atoms with E-state index in [4.69, 9.17) is 4.74 Å². The van der Waals surface area contributed by atoms with Crippen molar-refractivity contribution in [2.45, 2.75) is 58.7 Å². The monoisotopic (exact) mass is 358 g/mol. The van der Waals surface area contributed by atoms with Gasteiger partial charge in [0, 0.05) is 6.42 Å². The molecule has 2 aliphatic rings. The van der Waals surface area contributed by atoms with Crippen LogP contribution in [0.4, 0.5) is 4.39 Å². The van der Waals surface area contributed by atoms with Gasteiger partial charge in [-0.1, -0.05) is 45.4 Å². The van der Waals surface area contributed by atoms with E-state index in [0.29, 0.717) is 12.3 Å². The molecule has 1 unspecified atom stereocenters. The molecule has 26 heavy (non-hydrogen) atoms. The fraction of sp³-hybridized carbons (Fsp3) is 0.500. The Bertz CT molecular complexity index is 730. The molecule has 0 bridgehead atoms. The Morgan fingerprint density at radius 2 is 1.96 bits per heavy atom. The Kier molecular flexibility index (Phi) is 5.33. The molecule has 3 rings (SSSR count). The predicted molar refractivity (Wildman–Crippen MR) is 99.8 cm³/mol. The summed E-state index contributed by atoms with van der Waals surface area (Å²) in [5, 5.41) is 9.80. The van der Waals surface area contributed by atoms with Gasteiger partial charge in [0.2, 0.25) is 0 Å². The van der Waals surface area contributed by atoms with Crippen LogP contribution in [-0.2, 0) is 9.53 Å². The molecule has 1 N–H and O–H groups in total. The number of aliphatic hydroxyl groups excluding tert-OH is 1. The van der Waals surface area contributed by atoms with Crippen molar-refractivity contribution in [3.63, 3.8) is 0 Å². The molecule has 1 aromatic rings. The molecular formula is C22H27FO3. The average Bonchev–Trinajstić information content (AvgIpc) is 2.83. The fourth-order valence-corrected chi connectivity index (χ4v) is 4.25. The lowest BCUT2D eigenvalue weighted by atomic mass is 9.76. The Hall–Kier alpha value is -1.94. The van der Waals surface area contributed by atoms with Crippen molar-refractivity contribution in [3.05, 3.63) is 53.4 Å². The number of allylic oxidation sites excluding steroid dienone is 3. The number of rotatable bonds is 4. The van der Waals surface area contributed by atoms with Gasteiger partial charge in [0.05, 0.1) is 12.5 Å². The van der Waals surface area contributed by atoms with E-state index in [-0.39, 0.29) is 23.6 Å². The normalized spacial score (nSPS) is 28.7. The Labute approximate surface area is 154 Å². The first-order chi connectivity index (χ1) is 12.3. The molecule has 1 saturated heterocycles. The number of hydrogen-bond donors (Lipinski definition) is 1. The second-order valence-electron chi connectivity index (χ2n) is 7.91. The molecule has 0 spiro atoms. The van der Waals surface area contributed by atoms with E-state index in [9.17, 15) is 14.3 Å². The molecule has 1 aliphatic heterocycles. The summed E-state index contributed by atoms with van der Waals surface area (Å²) < 4.78 is 18.7. The summed E-state index contributed by atoms with van der Waals surface area (Å²) >= 11 is 0. The van der Waals surface area contributed by atoms with Crippen LogP contribution in [0.5, 0.6) is 0 Å². The van der Waals surface area contributed by atoms with Crippen molar-refractivity contribution in [2.24, 2.45) is 11.3 Å². The summed E-state index contributed by atoms with van der Waals surface area (Å²) in [7, 11) is 0. The number of carbonyl (C=O) groups is 1. The number of hydrogen-bond acceptors (Lipinski definition) is 3. The van der Waals surface area contributed by atoms with Crippen molar-refractivity contribution < 1.29 is 19.0 Å². The third-order valence-corrected chi connectivity index (χ3v) is 5.84. The van der Waals surface area contributed by atoms with Crippen LogP contribution in [0.25, 0.3) is 5.57 Å². The highest BCUT2D eigenvalue weighted by atomic mass is 19.1. The summed E-state index contributed by atoms with van der Waals surface area (Å²) in [6, 6.07) is 6.65. The van der Waals surface area contributed by atoms with E-state index in [0.717, 1.165) is 18.4 Å². The molecule has 3 nitrogen and oxygen atoms in total. The Morgan fingerprint density at radius 3 is 2.58 bits per heavy atom. The van der Waals surface area contributed by atoms with Crippen LogP contribution >= 0.6 is 0 Å². The molecule has 140 valence electrons. The maximum atomic E-state index is 13.3. The van der Waals surface area contributed by atoms with Gasteiger partial charge < -0.3 is 9.84 Å². The Morgan fingerprint density at radius 1 is 1.27 bits per heavy atom. The van der Waals surface area contributed by atoms with Crippen molar-refractivity contribution >= 4 is 11.5 Å². The maximum absolute atomic E-state index is 13.3. The number of esters is 1. The summed E-state index contributed by atoms with van der Waals surface area (Å²) in [5.74, 6) is -0.0937. The van der Waals surface area contributed by atoms with Crippen LogP contribution in [0, 0.1) is 17.2 Å². The van der Waals surface area contributed by atoms with Gasteiger partial charge in [0.25, 0.3) is 0 Å². The second kappa shape index (κ2) is 7.36. The van der Waals surface area contributed by atoms with Crippen LogP contribution in [0.3, 0.4) is 0 Å². The quantitative estimate of drug-likeness (QED) is 0.797. The number of carbonyl (C=O) groups excluding carboxylic acids is 1. The molecule has 0 aromatic heterocycles. The first kappa shape index (κ1) is 18.8. The summed E-state index contributed by atoms with van der Waals surface area (Å²) in [5.41, 5.74) is 3.44. The molecule has 1 aliphatic carbocycles. The molecular weight excluding hydrogens is 331 g/mol. The van der Waals surface area contributed by atoms with E-state index >= 15 is 0 Å². The van der Waals surface area contributed by atoms with E-state index in [2.05, 4.69) is 20.8 Å². The first-order valence-electron chi connectivity index (χ1n) is 9.36. The molecule has 0 saturated carbocycles. The van der Waals surface area contributed by atoms with Crippen molar-refractivity contribution in [3.8, 4) is 0 Å². The van der Waals surface area contributed by atoms with Gasteiger partial charge in [-0.3, -0.25) is 4.79 Å². The largest absolute Gasteiger partial charge is 0.458 e. The van der Waals surface area contributed by atoms with Crippen molar-refractivity contribution in [2.75, 3.05) is 0 Å². The molecule has 4 heteroatoms. The maximum Gasteiger partial charge on any atom is 0.309 e. The number of halogens is 1. The number of ether oxygens (including phenoxy) is 1. The lowest BCUT2D eigenvalue weighted by Gasteiger charge is -2.29. The molecule has 1 heterocycles. The zero-order chi connectivity index (χ0) is 18.9. The van der Waals surface area contributed by atoms with Crippen molar-refractivity contribution in [1.82, 2.24) is 0 Å². The predicted octanol–water partition coefficient (Wildman–Crippen LogP) is 4.66. The molecule has 0 amide bonds. The number of benzene rings is 1. The summed E-state index contributed by atoms with van der Waals surface area (Å²) in [6.45, 7) is 6.67. The third-order valence-electron chi connectivity index (χ3n) is 5.84. The standard InChI is InChI=1S/C22H27FO3/c1-4-15-11-19(14-5-7-16(23)8-6-14)20(22(15,2)3)10-9-18-12-17(24)13-21(25)26-18/h5-10,15,17-18,24H,4,11-13H2,1-3H3/b10-9+/t15?,17-,18-/m1/s1. The third kappa shape index (κ3) is 3.75. The highest BCUT2D eigenvalue weighted by Crippen LogP contribution is 2.52.